The smallest absolute Gasteiger partial charge is 0.136 e. The van der Waals surface area contributed by atoms with Crippen LogP contribution >= 0.6 is 0 Å². The topological polar surface area (TPSA) is 13.1 Å². The van der Waals surface area contributed by atoms with Crippen LogP contribution in [0, 0.1) is 6.92 Å². The predicted molar refractivity (Wildman–Crippen MR) is 195 cm³/mol. The first-order chi connectivity index (χ1) is 33.6. The third-order valence-corrected chi connectivity index (χ3v) is 7.59. The Hall–Kier alpha value is -5.92. The van der Waals surface area contributed by atoms with Crippen LogP contribution in [0.5, 0.6) is 0 Å². The van der Waals surface area contributed by atoms with Crippen molar-refractivity contribution in [2.24, 2.45) is 0 Å². The Balaban J connectivity index is 1.65. The molecule has 0 N–H and O–H groups in total. The van der Waals surface area contributed by atoms with Gasteiger partial charge in [0.15, 0.2) is 0 Å². The third-order valence-electron chi connectivity index (χ3n) is 7.59. The van der Waals surface area contributed by atoms with Crippen LogP contribution in [-0.2, 0) is 0 Å². The standard InChI is InChI=1S/C45H30O/c1-29-14-12-23-37-42(29)45(36-22-11-10-21-35(36)43(37)34-20-9-8-19-33(34)31-17-6-3-7-18-31)38-24-13-25-41-44(38)39-28-32(26-27-40(39)46-41)30-15-4-2-5-16-30/h2-28H,1H3/i2D,3D,4D,5D,6D,7D,8D,9D,10D,11D,12D,13D,14D,15D,16D,17D,18D,19D,20D,21D,22D,23D,24D,25D,27D,28D. The Kier molecular flexibility index (Phi) is 2.57. The van der Waals surface area contributed by atoms with E-state index in [1.54, 1.807) is 0 Å². The first-order valence-corrected chi connectivity index (χ1v) is 13.7. The summed E-state index contributed by atoms with van der Waals surface area (Å²) >= 11 is 0. The highest BCUT2D eigenvalue weighted by molar-refractivity contribution is 6.27. The summed E-state index contributed by atoms with van der Waals surface area (Å²) in [4.78, 5) is 0. The molecule has 9 aromatic rings. The number of rotatable bonds is 4. The molecule has 0 aliphatic carbocycles. The van der Waals surface area contributed by atoms with E-state index in [2.05, 4.69) is 0 Å². The fourth-order valence-corrected chi connectivity index (χ4v) is 5.71. The molecular weight excluding hydrogens is 556 g/mol. The SMILES string of the molecule is [2H]c1c([2H])c([2H])c(-c2cc([2H])c3oc4c([2H])c([2H])c([2H])c(-c5c6c([2H])c([2H])c([2H])c([2H])c6c(-c6c([2H])c([2H])c([2H])c([2H])c6-c6c([2H])c([2H])c([2H])c([2H])c6[2H])c6c([2H])c([2H])c([2H])c(C)c56)c4c3c2[2H])c([2H])c1[2H]. The van der Waals surface area contributed by atoms with Gasteiger partial charge >= 0.3 is 0 Å². The molecule has 1 nitrogen and oxygen atoms in total. The lowest BCUT2D eigenvalue weighted by Crippen LogP contribution is -1.94. The van der Waals surface area contributed by atoms with Crippen molar-refractivity contribution in [3.05, 3.63) is 169 Å². The van der Waals surface area contributed by atoms with Crippen molar-refractivity contribution in [3.8, 4) is 44.5 Å². The van der Waals surface area contributed by atoms with Crippen LogP contribution in [0.25, 0.3) is 88.0 Å². The van der Waals surface area contributed by atoms with Gasteiger partial charge in [-0.2, -0.15) is 0 Å². The number of fused-ring (bicyclic) bond motifs is 5. The Morgan fingerprint density at radius 2 is 1.02 bits per heavy atom. The fourth-order valence-electron chi connectivity index (χ4n) is 5.71. The molecule has 0 spiro atoms. The van der Waals surface area contributed by atoms with E-state index >= 15 is 0 Å². The van der Waals surface area contributed by atoms with Crippen molar-refractivity contribution >= 4 is 43.5 Å². The van der Waals surface area contributed by atoms with Gasteiger partial charge in [0.05, 0.1) is 35.6 Å². The van der Waals surface area contributed by atoms with Gasteiger partial charge in [-0.1, -0.05) is 145 Å². The predicted octanol–water partition coefficient (Wildman–Crippen LogP) is 12.9. The first-order valence-electron chi connectivity index (χ1n) is 26.7. The summed E-state index contributed by atoms with van der Waals surface area (Å²) < 4.78 is 239. The molecular formula is C45H30O. The van der Waals surface area contributed by atoms with E-state index in [-0.39, 0.29) is 5.56 Å². The first kappa shape index (κ1) is 11.2. The zero-order valence-electron chi connectivity index (χ0n) is 49.5. The summed E-state index contributed by atoms with van der Waals surface area (Å²) in [5.41, 5.74) is -6.37. The van der Waals surface area contributed by atoms with E-state index in [1.165, 1.54) is 6.92 Å². The minimum absolute atomic E-state index is 0.268. The second kappa shape index (κ2) is 10.6. The van der Waals surface area contributed by atoms with E-state index in [1.807, 2.05) is 0 Å². The van der Waals surface area contributed by atoms with Gasteiger partial charge < -0.3 is 4.42 Å². The molecule has 1 heterocycles. The minimum Gasteiger partial charge on any atom is -0.456 e. The van der Waals surface area contributed by atoms with E-state index in [0.29, 0.717) is 0 Å². The molecule has 0 aliphatic heterocycles. The van der Waals surface area contributed by atoms with Gasteiger partial charge in [0, 0.05) is 10.8 Å². The van der Waals surface area contributed by atoms with Crippen LogP contribution in [0.3, 0.4) is 0 Å². The molecule has 1 aromatic heterocycles. The molecule has 9 rings (SSSR count). The molecule has 8 aromatic carbocycles. The zero-order chi connectivity index (χ0) is 53.2. The number of furan rings is 1. The van der Waals surface area contributed by atoms with Crippen molar-refractivity contribution in [1.82, 2.24) is 0 Å². The molecule has 46 heavy (non-hydrogen) atoms. The summed E-state index contributed by atoms with van der Waals surface area (Å²) in [6.07, 6.45) is 0. The lowest BCUT2D eigenvalue weighted by Gasteiger charge is -2.21. The van der Waals surface area contributed by atoms with Crippen LogP contribution in [0.1, 0.15) is 41.2 Å². The molecule has 0 bridgehead atoms. The van der Waals surface area contributed by atoms with Gasteiger partial charge in [-0.05, 0) is 96.7 Å². The van der Waals surface area contributed by atoms with Crippen molar-refractivity contribution in [1.29, 1.82) is 0 Å². The Morgan fingerprint density at radius 1 is 0.413 bits per heavy atom. The van der Waals surface area contributed by atoms with Crippen LogP contribution in [-0.4, -0.2) is 0 Å². The molecule has 0 saturated heterocycles. The summed E-state index contributed by atoms with van der Waals surface area (Å²) in [7, 11) is 0. The second-order valence-corrected chi connectivity index (χ2v) is 10.1. The second-order valence-electron chi connectivity index (χ2n) is 10.1. The maximum Gasteiger partial charge on any atom is 0.136 e. The highest BCUT2D eigenvalue weighted by Crippen LogP contribution is 2.49. The maximum absolute atomic E-state index is 9.63. The van der Waals surface area contributed by atoms with Crippen LogP contribution < -0.4 is 0 Å². The number of aryl methyl sites for hydroxylation is 1. The number of hydrogen-bond donors (Lipinski definition) is 0. The Labute approximate surface area is 304 Å². The molecule has 216 valence electrons. The monoisotopic (exact) mass is 612 g/mol. The third kappa shape index (κ3) is 4.09. The molecule has 0 atom stereocenters. The lowest BCUT2D eigenvalue weighted by atomic mass is 9.82. The van der Waals surface area contributed by atoms with Gasteiger partial charge in [0.25, 0.3) is 0 Å². The molecule has 0 unspecified atom stereocenters. The summed E-state index contributed by atoms with van der Waals surface area (Å²) in [6, 6.07) is -21.6. The Bertz CT molecular complexity index is 3920. The summed E-state index contributed by atoms with van der Waals surface area (Å²) in [5.74, 6) is 0. The zero-order valence-corrected chi connectivity index (χ0v) is 23.5. The van der Waals surface area contributed by atoms with Crippen molar-refractivity contribution < 1.29 is 40.1 Å². The average molecular weight is 613 g/mol. The van der Waals surface area contributed by atoms with Crippen molar-refractivity contribution in [2.75, 3.05) is 0 Å². The highest BCUT2D eigenvalue weighted by Gasteiger charge is 2.22. The molecule has 0 saturated carbocycles. The summed E-state index contributed by atoms with van der Waals surface area (Å²) in [5, 5.41) is -3.25. The van der Waals surface area contributed by atoms with E-state index in [9.17, 15) is 9.60 Å². The maximum atomic E-state index is 9.63. The fraction of sp³-hybridized carbons (Fsp3) is 0.0222. The molecule has 0 amide bonds. The quantitative estimate of drug-likeness (QED) is 0.180. The largest absolute Gasteiger partial charge is 0.456 e. The van der Waals surface area contributed by atoms with Gasteiger partial charge in [-0.3, -0.25) is 0 Å². The minimum atomic E-state index is -1.00. The molecule has 0 radical (unpaired) electrons. The lowest BCUT2D eigenvalue weighted by molar-refractivity contribution is 0.669. The average Bonchev–Trinajstić information content (AvgIpc) is 3.76. The van der Waals surface area contributed by atoms with Gasteiger partial charge in [0.2, 0.25) is 0 Å². The van der Waals surface area contributed by atoms with Crippen LogP contribution in [0.4, 0.5) is 0 Å². The molecule has 0 aliphatic rings. The van der Waals surface area contributed by atoms with E-state index < -0.39 is 245 Å². The summed E-state index contributed by atoms with van der Waals surface area (Å²) in [6.45, 7) is 1.26. The van der Waals surface area contributed by atoms with Gasteiger partial charge in [-0.25, -0.2) is 0 Å². The van der Waals surface area contributed by atoms with E-state index in [0.717, 1.165) is 6.07 Å². The molecule has 1 heteroatoms. The van der Waals surface area contributed by atoms with E-state index in [4.69, 9.17) is 30.5 Å². The van der Waals surface area contributed by atoms with Crippen LogP contribution in [0.2, 0.25) is 0 Å². The highest BCUT2D eigenvalue weighted by atomic mass is 16.3. The number of hydrogen-bond acceptors (Lipinski definition) is 1. The van der Waals surface area contributed by atoms with Crippen molar-refractivity contribution in [2.45, 2.75) is 6.92 Å². The van der Waals surface area contributed by atoms with Gasteiger partial charge in [-0.15, -0.1) is 0 Å². The van der Waals surface area contributed by atoms with Gasteiger partial charge in [0.1, 0.15) is 11.2 Å². The van der Waals surface area contributed by atoms with Crippen molar-refractivity contribution in [3.63, 3.8) is 0 Å². The number of benzene rings is 8. The van der Waals surface area contributed by atoms with Crippen LogP contribution in [0.15, 0.2) is 168 Å². The molecule has 0 fully saturated rings. The normalized spacial score (nSPS) is 19.5. The Morgan fingerprint density at radius 3 is 1.80 bits per heavy atom.